The molecule has 3 aromatic rings. The second-order valence-electron chi connectivity index (χ2n) is 8.85. The predicted molar refractivity (Wildman–Crippen MR) is 146 cm³/mol. The minimum atomic E-state index is -0.789. The Balaban J connectivity index is 1.95. The van der Waals surface area contributed by atoms with Crippen molar-refractivity contribution in [1.29, 1.82) is 0 Å². The Morgan fingerprint density at radius 2 is 1.58 bits per heavy atom. The number of carbonyl (C=O) groups is 2. The van der Waals surface area contributed by atoms with Gasteiger partial charge in [-0.25, -0.2) is 0 Å². The van der Waals surface area contributed by atoms with Crippen molar-refractivity contribution in [3.8, 4) is 5.75 Å². The molecule has 0 saturated heterocycles. The van der Waals surface area contributed by atoms with Crippen LogP contribution in [-0.4, -0.2) is 35.4 Å². The van der Waals surface area contributed by atoms with Crippen LogP contribution in [0.15, 0.2) is 72.8 Å². The van der Waals surface area contributed by atoms with E-state index < -0.39 is 6.04 Å². The van der Waals surface area contributed by atoms with Gasteiger partial charge in [0.2, 0.25) is 5.91 Å². The molecule has 0 aliphatic rings. The van der Waals surface area contributed by atoms with Gasteiger partial charge in [0, 0.05) is 34.6 Å². The Labute approximate surface area is 223 Å². The zero-order chi connectivity index (χ0) is 26.1. The lowest BCUT2D eigenvalue weighted by molar-refractivity contribution is -0.143. The highest BCUT2D eigenvalue weighted by atomic mass is 35.5. The largest absolute Gasteiger partial charge is 0.484 e. The van der Waals surface area contributed by atoms with Gasteiger partial charge in [0.25, 0.3) is 5.91 Å². The summed E-state index contributed by atoms with van der Waals surface area (Å²) in [7, 11) is 0. The van der Waals surface area contributed by atoms with Crippen molar-refractivity contribution in [2.24, 2.45) is 0 Å². The van der Waals surface area contributed by atoms with E-state index in [4.69, 9.17) is 27.9 Å². The molecule has 36 heavy (non-hydrogen) atoms. The van der Waals surface area contributed by atoms with E-state index in [0.29, 0.717) is 27.8 Å². The Morgan fingerprint density at radius 1 is 0.944 bits per heavy atom. The first-order valence-electron chi connectivity index (χ1n) is 12.0. The van der Waals surface area contributed by atoms with E-state index >= 15 is 0 Å². The Morgan fingerprint density at radius 3 is 2.19 bits per heavy atom. The summed E-state index contributed by atoms with van der Waals surface area (Å²) >= 11 is 12.9. The number of rotatable bonds is 11. The van der Waals surface area contributed by atoms with Crippen molar-refractivity contribution in [2.75, 3.05) is 6.61 Å². The topological polar surface area (TPSA) is 58.6 Å². The molecule has 0 saturated carbocycles. The van der Waals surface area contributed by atoms with Crippen LogP contribution < -0.4 is 10.1 Å². The summed E-state index contributed by atoms with van der Waals surface area (Å²) in [6, 6.07) is 21.4. The lowest BCUT2D eigenvalue weighted by Gasteiger charge is -2.32. The van der Waals surface area contributed by atoms with Crippen LogP contribution in [0.4, 0.5) is 0 Å². The van der Waals surface area contributed by atoms with Gasteiger partial charge in [-0.05, 0) is 50.1 Å². The highest BCUT2D eigenvalue weighted by Gasteiger charge is 2.32. The van der Waals surface area contributed by atoms with Crippen LogP contribution in [0.2, 0.25) is 10.0 Å². The number of nitrogens with one attached hydrogen (secondary N) is 1. The number of aryl methyl sites for hydroxylation is 1. The summed E-state index contributed by atoms with van der Waals surface area (Å²) in [4.78, 5) is 28.7. The van der Waals surface area contributed by atoms with Crippen LogP contribution in [0.1, 0.15) is 37.0 Å². The SMILES string of the molecule is CC[C@@H](C)NC(=O)[C@@H](Cc1ccccc1)N(Cc1c(Cl)cccc1Cl)C(=O)COc1ccc(C)cc1. The molecular formula is C29H32Cl2N2O3. The number of amides is 2. The van der Waals surface area contributed by atoms with E-state index in [1.807, 2.05) is 75.4 Å². The van der Waals surface area contributed by atoms with Gasteiger partial charge >= 0.3 is 0 Å². The molecule has 3 aromatic carbocycles. The lowest BCUT2D eigenvalue weighted by atomic mass is 10.0. The number of halogens is 2. The van der Waals surface area contributed by atoms with Gasteiger partial charge in [-0.2, -0.15) is 0 Å². The monoisotopic (exact) mass is 526 g/mol. The fraction of sp³-hybridized carbons (Fsp3) is 0.310. The van der Waals surface area contributed by atoms with Gasteiger partial charge in [-0.15, -0.1) is 0 Å². The first-order valence-corrected chi connectivity index (χ1v) is 12.8. The Bertz CT molecular complexity index is 1130. The number of carbonyl (C=O) groups excluding carboxylic acids is 2. The standard InChI is InChI=1S/C29H32Cl2N2O3/c1-4-21(3)32-29(35)27(17-22-9-6-5-7-10-22)33(18-24-25(30)11-8-12-26(24)31)28(34)19-36-23-15-13-20(2)14-16-23/h5-16,21,27H,4,17-19H2,1-3H3,(H,32,35)/t21-,27-/m1/s1. The molecule has 0 heterocycles. The molecule has 0 unspecified atom stereocenters. The molecule has 0 aliphatic carbocycles. The van der Waals surface area contributed by atoms with Crippen molar-refractivity contribution in [3.05, 3.63) is 99.5 Å². The zero-order valence-electron chi connectivity index (χ0n) is 20.8. The van der Waals surface area contributed by atoms with Crippen LogP contribution in [0.25, 0.3) is 0 Å². The van der Waals surface area contributed by atoms with E-state index in [1.165, 1.54) is 4.90 Å². The zero-order valence-corrected chi connectivity index (χ0v) is 22.4. The number of nitrogens with zero attached hydrogens (tertiary/aromatic N) is 1. The Hall–Kier alpha value is -3.02. The average molecular weight is 527 g/mol. The van der Waals surface area contributed by atoms with E-state index in [0.717, 1.165) is 17.5 Å². The summed E-state index contributed by atoms with van der Waals surface area (Å²) in [5.74, 6) is 0.000186. The van der Waals surface area contributed by atoms with E-state index in [9.17, 15) is 9.59 Å². The highest BCUT2D eigenvalue weighted by molar-refractivity contribution is 6.36. The normalized spacial score (nSPS) is 12.5. The minimum Gasteiger partial charge on any atom is -0.484 e. The van der Waals surface area contributed by atoms with E-state index in [2.05, 4.69) is 5.32 Å². The van der Waals surface area contributed by atoms with Crippen molar-refractivity contribution in [2.45, 2.75) is 52.2 Å². The van der Waals surface area contributed by atoms with Crippen LogP contribution >= 0.6 is 23.2 Å². The molecule has 0 aromatic heterocycles. The Kier molecular flexibility index (Phi) is 10.2. The quantitative estimate of drug-likeness (QED) is 0.322. The lowest BCUT2D eigenvalue weighted by Crippen LogP contribution is -2.53. The van der Waals surface area contributed by atoms with Crippen molar-refractivity contribution in [3.63, 3.8) is 0 Å². The third kappa shape index (κ3) is 7.74. The fourth-order valence-corrected chi connectivity index (χ4v) is 4.23. The first-order chi connectivity index (χ1) is 17.3. The van der Waals surface area contributed by atoms with Crippen molar-refractivity contribution >= 4 is 35.0 Å². The van der Waals surface area contributed by atoms with Gasteiger partial charge in [0.1, 0.15) is 11.8 Å². The molecule has 3 rings (SSSR count). The fourth-order valence-electron chi connectivity index (χ4n) is 3.71. The second kappa shape index (κ2) is 13.3. The van der Waals surface area contributed by atoms with E-state index in [1.54, 1.807) is 18.2 Å². The van der Waals surface area contributed by atoms with Crippen LogP contribution in [0, 0.1) is 6.92 Å². The van der Waals surface area contributed by atoms with Gasteiger partial charge < -0.3 is 15.0 Å². The number of benzene rings is 3. The molecule has 0 aliphatic heterocycles. The molecule has 190 valence electrons. The number of ether oxygens (including phenoxy) is 1. The molecule has 0 spiro atoms. The smallest absolute Gasteiger partial charge is 0.261 e. The van der Waals surface area contributed by atoms with Gasteiger partial charge in [0.15, 0.2) is 6.61 Å². The molecule has 0 radical (unpaired) electrons. The summed E-state index contributed by atoms with van der Waals surface area (Å²) in [6.45, 7) is 5.76. The molecular weight excluding hydrogens is 495 g/mol. The van der Waals surface area contributed by atoms with Crippen LogP contribution in [0.3, 0.4) is 0 Å². The van der Waals surface area contributed by atoms with Gasteiger partial charge in [0.05, 0.1) is 0 Å². The maximum absolute atomic E-state index is 13.6. The van der Waals surface area contributed by atoms with Crippen molar-refractivity contribution < 1.29 is 14.3 Å². The molecule has 7 heteroatoms. The molecule has 0 fully saturated rings. The third-order valence-electron chi connectivity index (χ3n) is 6.05. The van der Waals surface area contributed by atoms with Crippen LogP contribution in [0.5, 0.6) is 5.75 Å². The van der Waals surface area contributed by atoms with Gasteiger partial charge in [-0.1, -0.05) is 84.2 Å². The summed E-state index contributed by atoms with van der Waals surface area (Å²) < 4.78 is 5.80. The maximum Gasteiger partial charge on any atom is 0.261 e. The van der Waals surface area contributed by atoms with Crippen LogP contribution in [-0.2, 0) is 22.6 Å². The minimum absolute atomic E-state index is 0.0413. The highest BCUT2D eigenvalue weighted by Crippen LogP contribution is 2.27. The number of hydrogen-bond acceptors (Lipinski definition) is 3. The van der Waals surface area contributed by atoms with Gasteiger partial charge in [-0.3, -0.25) is 9.59 Å². The molecule has 2 amide bonds. The molecule has 5 nitrogen and oxygen atoms in total. The summed E-state index contributed by atoms with van der Waals surface area (Å²) in [5, 5.41) is 3.90. The predicted octanol–water partition coefficient (Wildman–Crippen LogP) is 6.24. The molecule has 1 N–H and O–H groups in total. The summed E-state index contributed by atoms with van der Waals surface area (Å²) in [5.41, 5.74) is 2.61. The third-order valence-corrected chi connectivity index (χ3v) is 6.75. The second-order valence-corrected chi connectivity index (χ2v) is 9.66. The molecule has 2 atom stereocenters. The average Bonchev–Trinajstić information content (AvgIpc) is 2.87. The van der Waals surface area contributed by atoms with E-state index in [-0.39, 0.29) is 31.0 Å². The first kappa shape index (κ1) is 27.6. The molecule has 0 bridgehead atoms. The number of hydrogen-bond donors (Lipinski definition) is 1. The maximum atomic E-state index is 13.6. The van der Waals surface area contributed by atoms with Crippen molar-refractivity contribution in [1.82, 2.24) is 10.2 Å². The summed E-state index contributed by atoms with van der Waals surface area (Å²) in [6.07, 6.45) is 1.10.